The minimum Gasteiger partial charge on any atom is -0.0654 e. The summed E-state index contributed by atoms with van der Waals surface area (Å²) in [4.78, 5) is 0. The minimum atomic E-state index is 0.941. The Bertz CT molecular complexity index is 139. The maximum Gasteiger partial charge on any atom is -0.0391 e. The van der Waals surface area contributed by atoms with Crippen LogP contribution in [0.15, 0.2) is 0 Å². The van der Waals surface area contributed by atoms with Gasteiger partial charge in [-0.1, -0.05) is 86.0 Å². The lowest BCUT2D eigenvalue weighted by atomic mass is 9.82. The van der Waals surface area contributed by atoms with Gasteiger partial charge in [0.05, 0.1) is 0 Å². The molecule has 3 atom stereocenters. The molecule has 3 unspecified atom stereocenters. The maximum absolute atomic E-state index is 2.47. The van der Waals surface area contributed by atoms with Gasteiger partial charge in [-0.3, -0.25) is 0 Å². The third-order valence-corrected chi connectivity index (χ3v) is 4.15. The van der Waals surface area contributed by atoms with Gasteiger partial charge >= 0.3 is 0 Å². The highest BCUT2D eigenvalue weighted by atomic mass is 14.2. The molecule has 0 rings (SSSR count). The molecule has 0 aliphatic heterocycles. The van der Waals surface area contributed by atoms with Crippen molar-refractivity contribution in [3.8, 4) is 0 Å². The molecule has 0 aromatic carbocycles. The van der Waals surface area contributed by atoms with Crippen LogP contribution in [0, 0.1) is 17.8 Å². The fourth-order valence-electron chi connectivity index (χ4n) is 2.78. The highest BCUT2D eigenvalue weighted by molar-refractivity contribution is 4.67. The molecule has 0 aliphatic carbocycles. The van der Waals surface area contributed by atoms with Crippen molar-refractivity contribution >= 4 is 0 Å². The molecule has 0 heteroatoms. The van der Waals surface area contributed by atoms with E-state index in [1.807, 2.05) is 0 Å². The molecule has 0 aromatic heterocycles. The van der Waals surface area contributed by atoms with Crippen LogP contribution in [0.3, 0.4) is 0 Å². The summed E-state index contributed by atoms with van der Waals surface area (Å²) < 4.78 is 0. The molecule has 0 bridgehead atoms. The van der Waals surface area contributed by atoms with E-state index in [1.165, 1.54) is 51.4 Å². The van der Waals surface area contributed by atoms with Crippen molar-refractivity contribution in [3.63, 3.8) is 0 Å². The average molecular weight is 226 g/mol. The number of hydrogen-bond donors (Lipinski definition) is 0. The van der Waals surface area contributed by atoms with Crippen LogP contribution in [0.2, 0.25) is 0 Å². The molecule has 0 fully saturated rings. The van der Waals surface area contributed by atoms with E-state index in [1.54, 1.807) is 0 Å². The molecular weight excluding hydrogens is 192 g/mol. The van der Waals surface area contributed by atoms with Crippen LogP contribution in [0.25, 0.3) is 0 Å². The van der Waals surface area contributed by atoms with E-state index >= 15 is 0 Å². The monoisotopic (exact) mass is 226 g/mol. The minimum absolute atomic E-state index is 0.941. The van der Waals surface area contributed by atoms with E-state index in [9.17, 15) is 0 Å². The summed E-state index contributed by atoms with van der Waals surface area (Å²) in [6, 6.07) is 0. The Morgan fingerprint density at radius 1 is 0.750 bits per heavy atom. The SMILES string of the molecule is CCCCC(CC)C(C)CCC(C)CCC. The molecule has 0 aromatic rings. The van der Waals surface area contributed by atoms with Crippen LogP contribution in [0.4, 0.5) is 0 Å². The van der Waals surface area contributed by atoms with Gasteiger partial charge in [-0.25, -0.2) is 0 Å². The Hall–Kier alpha value is 0. The van der Waals surface area contributed by atoms with Gasteiger partial charge in [0.2, 0.25) is 0 Å². The summed E-state index contributed by atoms with van der Waals surface area (Å²) in [5.74, 6) is 2.86. The van der Waals surface area contributed by atoms with Crippen molar-refractivity contribution in [3.05, 3.63) is 0 Å². The molecule has 0 heterocycles. The van der Waals surface area contributed by atoms with Gasteiger partial charge in [0, 0.05) is 0 Å². The second-order valence-corrected chi connectivity index (χ2v) is 5.76. The highest BCUT2D eigenvalue weighted by Gasteiger charge is 2.15. The van der Waals surface area contributed by atoms with Gasteiger partial charge in [0.1, 0.15) is 0 Å². The zero-order valence-electron chi connectivity index (χ0n) is 12.4. The van der Waals surface area contributed by atoms with Gasteiger partial charge < -0.3 is 0 Å². The summed E-state index contributed by atoms with van der Waals surface area (Å²) >= 11 is 0. The molecule has 0 amide bonds. The quantitative estimate of drug-likeness (QED) is 0.425. The van der Waals surface area contributed by atoms with Crippen molar-refractivity contribution in [2.24, 2.45) is 17.8 Å². The van der Waals surface area contributed by atoms with E-state index in [-0.39, 0.29) is 0 Å². The standard InChI is InChI=1S/C16H34/c1-6-9-11-16(8-3)15(5)13-12-14(4)10-7-2/h14-16H,6-13H2,1-5H3. The lowest BCUT2D eigenvalue weighted by Gasteiger charge is -2.24. The van der Waals surface area contributed by atoms with Gasteiger partial charge in [-0.2, -0.15) is 0 Å². The van der Waals surface area contributed by atoms with E-state index in [0.29, 0.717) is 0 Å². The van der Waals surface area contributed by atoms with Crippen molar-refractivity contribution < 1.29 is 0 Å². The smallest absolute Gasteiger partial charge is 0.0391 e. The van der Waals surface area contributed by atoms with Gasteiger partial charge in [0.25, 0.3) is 0 Å². The normalized spacial score (nSPS) is 17.1. The molecule has 0 aliphatic rings. The Morgan fingerprint density at radius 3 is 1.94 bits per heavy atom. The molecule has 0 saturated heterocycles. The molecule has 0 saturated carbocycles. The van der Waals surface area contributed by atoms with Gasteiger partial charge in [-0.05, 0) is 17.8 Å². The third kappa shape index (κ3) is 7.30. The summed E-state index contributed by atoms with van der Waals surface area (Å²) in [6.07, 6.45) is 11.3. The predicted molar refractivity (Wildman–Crippen MR) is 75.8 cm³/mol. The van der Waals surface area contributed by atoms with Crippen LogP contribution >= 0.6 is 0 Å². The summed E-state index contributed by atoms with van der Waals surface area (Å²) in [7, 11) is 0. The first-order valence-corrected chi connectivity index (χ1v) is 7.65. The molecular formula is C16H34. The fraction of sp³-hybridized carbons (Fsp3) is 1.00. The molecule has 0 nitrogen and oxygen atoms in total. The third-order valence-electron chi connectivity index (χ3n) is 4.15. The highest BCUT2D eigenvalue weighted by Crippen LogP contribution is 2.27. The number of rotatable bonds is 10. The maximum atomic E-state index is 2.47. The summed E-state index contributed by atoms with van der Waals surface area (Å²) in [5.41, 5.74) is 0. The Kier molecular flexibility index (Phi) is 10.2. The molecule has 0 N–H and O–H groups in total. The number of unbranched alkanes of at least 4 members (excludes halogenated alkanes) is 1. The van der Waals surface area contributed by atoms with Crippen LogP contribution in [0.5, 0.6) is 0 Å². The Balaban J connectivity index is 3.77. The molecule has 0 radical (unpaired) electrons. The second-order valence-electron chi connectivity index (χ2n) is 5.76. The predicted octanol–water partition coefficient (Wildman–Crippen LogP) is 6.06. The lowest BCUT2D eigenvalue weighted by molar-refractivity contribution is 0.279. The first-order valence-electron chi connectivity index (χ1n) is 7.65. The Labute approximate surface area is 104 Å². The van der Waals surface area contributed by atoms with E-state index in [2.05, 4.69) is 34.6 Å². The van der Waals surface area contributed by atoms with Crippen LogP contribution in [0.1, 0.15) is 86.0 Å². The summed E-state index contributed by atoms with van der Waals surface area (Å²) in [6.45, 7) is 11.9. The zero-order valence-corrected chi connectivity index (χ0v) is 12.4. The van der Waals surface area contributed by atoms with Crippen molar-refractivity contribution in [2.75, 3.05) is 0 Å². The van der Waals surface area contributed by atoms with Crippen molar-refractivity contribution in [1.82, 2.24) is 0 Å². The number of hydrogen-bond acceptors (Lipinski definition) is 0. The fourth-order valence-corrected chi connectivity index (χ4v) is 2.78. The van der Waals surface area contributed by atoms with E-state index in [0.717, 1.165) is 17.8 Å². The van der Waals surface area contributed by atoms with Crippen LogP contribution < -0.4 is 0 Å². The first-order chi connectivity index (χ1) is 7.65. The molecule has 98 valence electrons. The Morgan fingerprint density at radius 2 is 1.44 bits per heavy atom. The largest absolute Gasteiger partial charge is 0.0654 e. The molecule has 16 heavy (non-hydrogen) atoms. The molecule has 0 spiro atoms. The van der Waals surface area contributed by atoms with Crippen LogP contribution in [-0.2, 0) is 0 Å². The van der Waals surface area contributed by atoms with E-state index in [4.69, 9.17) is 0 Å². The topological polar surface area (TPSA) is 0 Å². The van der Waals surface area contributed by atoms with Crippen molar-refractivity contribution in [2.45, 2.75) is 86.0 Å². The van der Waals surface area contributed by atoms with Gasteiger partial charge in [-0.15, -0.1) is 0 Å². The zero-order chi connectivity index (χ0) is 12.4. The van der Waals surface area contributed by atoms with Crippen molar-refractivity contribution in [1.29, 1.82) is 0 Å². The lowest BCUT2D eigenvalue weighted by Crippen LogP contribution is -2.12. The van der Waals surface area contributed by atoms with Crippen LogP contribution in [-0.4, -0.2) is 0 Å². The van der Waals surface area contributed by atoms with Gasteiger partial charge in [0.15, 0.2) is 0 Å². The first kappa shape index (κ1) is 16.0. The summed E-state index contributed by atoms with van der Waals surface area (Å²) in [5, 5.41) is 0. The van der Waals surface area contributed by atoms with E-state index < -0.39 is 0 Å². The average Bonchev–Trinajstić information content (AvgIpc) is 2.28. The second kappa shape index (κ2) is 10.2.